The second-order valence-electron chi connectivity index (χ2n) is 9.57. The van der Waals surface area contributed by atoms with Gasteiger partial charge in [-0.05, 0) is 42.3 Å². The number of nitrogens with zero attached hydrogens (tertiary/aromatic N) is 3. The normalized spacial score (nSPS) is 16.1. The van der Waals surface area contributed by atoms with Crippen LogP contribution in [-0.2, 0) is 17.8 Å². The van der Waals surface area contributed by atoms with Crippen molar-refractivity contribution in [2.75, 3.05) is 38.8 Å². The van der Waals surface area contributed by atoms with Crippen LogP contribution in [0.25, 0.3) is 10.9 Å². The Hall–Kier alpha value is -4.46. The van der Waals surface area contributed by atoms with Crippen LogP contribution >= 0.6 is 0 Å². The van der Waals surface area contributed by atoms with Crippen LogP contribution in [0.3, 0.4) is 0 Å². The number of nitrogens with one attached hydrogen (secondary N) is 1. The second-order valence-corrected chi connectivity index (χ2v) is 9.57. The molecule has 6 rings (SSSR count). The summed E-state index contributed by atoms with van der Waals surface area (Å²) in [5.41, 5.74) is 4.82. The van der Waals surface area contributed by atoms with Crippen LogP contribution in [0.5, 0.6) is 11.5 Å². The van der Waals surface area contributed by atoms with Crippen molar-refractivity contribution in [1.82, 2.24) is 14.8 Å². The molecule has 2 amide bonds. The maximum absolute atomic E-state index is 13.5. The van der Waals surface area contributed by atoms with E-state index >= 15 is 0 Å². The molecule has 8 heteroatoms. The molecule has 194 valence electrons. The lowest BCUT2D eigenvalue weighted by atomic mass is 9.96. The van der Waals surface area contributed by atoms with Gasteiger partial charge in [0.05, 0.1) is 30.6 Å². The van der Waals surface area contributed by atoms with Crippen LogP contribution in [0.15, 0.2) is 72.8 Å². The zero-order valence-corrected chi connectivity index (χ0v) is 21.5. The summed E-state index contributed by atoms with van der Waals surface area (Å²) in [5.74, 6) is 1.21. The number of hydrogen-bond acceptors (Lipinski definition) is 5. The first-order valence-electron chi connectivity index (χ1n) is 12.8. The van der Waals surface area contributed by atoms with E-state index in [4.69, 9.17) is 9.47 Å². The molecule has 0 aliphatic carbocycles. The van der Waals surface area contributed by atoms with Crippen molar-refractivity contribution < 1.29 is 19.1 Å². The predicted octanol–water partition coefficient (Wildman–Crippen LogP) is 3.99. The van der Waals surface area contributed by atoms with Gasteiger partial charge in [0, 0.05) is 24.5 Å². The molecule has 1 aromatic heterocycles. The molecule has 0 fully saturated rings. The number of fused-ring (bicyclic) bond motifs is 6. The number of hydrogen-bond donors (Lipinski definition) is 1. The number of rotatable bonds is 7. The summed E-state index contributed by atoms with van der Waals surface area (Å²) < 4.78 is 13.2. The molecule has 0 radical (unpaired) electrons. The fraction of sp³-hybridized carbons (Fsp3) is 0.267. The van der Waals surface area contributed by atoms with E-state index in [1.54, 1.807) is 7.11 Å². The van der Waals surface area contributed by atoms with Crippen molar-refractivity contribution in [2.24, 2.45) is 0 Å². The molecule has 0 unspecified atom stereocenters. The first-order valence-corrected chi connectivity index (χ1v) is 12.8. The first-order chi connectivity index (χ1) is 18.6. The Balaban J connectivity index is 1.27. The van der Waals surface area contributed by atoms with Crippen molar-refractivity contribution in [3.8, 4) is 11.5 Å². The third kappa shape index (κ3) is 3.93. The molecule has 0 saturated carbocycles. The summed E-state index contributed by atoms with van der Waals surface area (Å²) >= 11 is 0. The predicted molar refractivity (Wildman–Crippen MR) is 146 cm³/mol. The Kier molecular flexibility index (Phi) is 6.15. The molecule has 0 spiro atoms. The molecular formula is C30H30N4O4. The molecule has 38 heavy (non-hydrogen) atoms. The Bertz CT molecular complexity index is 1530. The van der Waals surface area contributed by atoms with E-state index in [2.05, 4.69) is 26.9 Å². The Labute approximate surface area is 221 Å². The molecule has 3 heterocycles. The van der Waals surface area contributed by atoms with Crippen LogP contribution < -0.4 is 19.7 Å². The van der Waals surface area contributed by atoms with Crippen molar-refractivity contribution in [2.45, 2.75) is 19.1 Å². The summed E-state index contributed by atoms with van der Waals surface area (Å²) in [6, 6.07) is 23.3. The Morgan fingerprint density at radius 3 is 2.58 bits per heavy atom. The minimum Gasteiger partial charge on any atom is -0.493 e. The SMILES string of the molecule is COc1ccccc1OCCNC(=O)Cn1c2c(c3ccccc31)CCN1C(=O)c3ccccc3N(C)[C@@H]21. The number of carbonyl (C=O) groups excluding carboxylic acids is 2. The molecule has 1 N–H and O–H groups in total. The van der Waals surface area contributed by atoms with Gasteiger partial charge in [0.1, 0.15) is 19.3 Å². The van der Waals surface area contributed by atoms with Crippen molar-refractivity contribution in [3.63, 3.8) is 0 Å². The highest BCUT2D eigenvalue weighted by atomic mass is 16.5. The summed E-state index contributed by atoms with van der Waals surface area (Å²) in [4.78, 5) is 30.7. The van der Waals surface area contributed by atoms with Gasteiger partial charge in [-0.15, -0.1) is 0 Å². The minimum atomic E-state index is -0.282. The fourth-order valence-electron chi connectivity index (χ4n) is 5.77. The topological polar surface area (TPSA) is 76.0 Å². The van der Waals surface area contributed by atoms with Gasteiger partial charge in [0.25, 0.3) is 5.91 Å². The van der Waals surface area contributed by atoms with Gasteiger partial charge in [-0.2, -0.15) is 0 Å². The number of carbonyl (C=O) groups is 2. The van der Waals surface area contributed by atoms with E-state index in [0.717, 1.165) is 28.7 Å². The zero-order valence-electron chi connectivity index (χ0n) is 21.5. The van der Waals surface area contributed by atoms with E-state index < -0.39 is 0 Å². The van der Waals surface area contributed by atoms with Crippen LogP contribution in [0.1, 0.15) is 27.8 Å². The number of anilines is 1. The van der Waals surface area contributed by atoms with Crippen LogP contribution in [0.4, 0.5) is 5.69 Å². The fourth-order valence-corrected chi connectivity index (χ4v) is 5.77. The van der Waals surface area contributed by atoms with Crippen molar-refractivity contribution in [3.05, 3.63) is 89.6 Å². The van der Waals surface area contributed by atoms with Crippen molar-refractivity contribution >= 4 is 28.4 Å². The molecule has 4 aromatic rings. The van der Waals surface area contributed by atoms with Gasteiger partial charge in [0.15, 0.2) is 11.5 Å². The number of ether oxygens (including phenoxy) is 2. The molecule has 1 atom stereocenters. The highest BCUT2D eigenvalue weighted by Gasteiger charge is 2.42. The lowest BCUT2D eigenvalue weighted by Gasteiger charge is -2.46. The van der Waals surface area contributed by atoms with E-state index in [1.807, 2.05) is 72.6 Å². The van der Waals surface area contributed by atoms with Gasteiger partial charge < -0.3 is 29.2 Å². The van der Waals surface area contributed by atoms with Gasteiger partial charge in [0.2, 0.25) is 5.91 Å². The molecule has 0 saturated heterocycles. The number of para-hydroxylation sites is 4. The van der Waals surface area contributed by atoms with Crippen LogP contribution in [-0.4, -0.2) is 55.1 Å². The van der Waals surface area contributed by atoms with Gasteiger partial charge in [-0.3, -0.25) is 9.59 Å². The number of methoxy groups -OCH3 is 1. The summed E-state index contributed by atoms with van der Waals surface area (Å²) in [7, 11) is 3.62. The maximum Gasteiger partial charge on any atom is 0.257 e. The van der Waals surface area contributed by atoms with Gasteiger partial charge >= 0.3 is 0 Å². The summed E-state index contributed by atoms with van der Waals surface area (Å²) in [6.45, 7) is 1.47. The number of benzene rings is 3. The largest absolute Gasteiger partial charge is 0.493 e. The molecular weight excluding hydrogens is 480 g/mol. The average molecular weight is 511 g/mol. The third-order valence-corrected chi connectivity index (χ3v) is 7.46. The molecule has 2 aliphatic heterocycles. The second kappa shape index (κ2) is 9.78. The van der Waals surface area contributed by atoms with E-state index in [0.29, 0.717) is 36.8 Å². The van der Waals surface area contributed by atoms with E-state index in [-0.39, 0.29) is 24.5 Å². The average Bonchev–Trinajstić information content (AvgIpc) is 3.27. The lowest BCUT2D eigenvalue weighted by molar-refractivity contribution is -0.121. The zero-order chi connectivity index (χ0) is 26.2. The maximum atomic E-state index is 13.5. The standard InChI is InChI=1S/C30H30N4O4/c1-32-23-11-5-4-10-22(23)30(36)33-17-15-21-20-9-3-6-12-24(20)34(28(21)29(32)33)19-27(35)31-16-18-38-26-14-8-7-13-25(26)37-2/h3-14,29H,15-19H2,1-2H3,(H,31,35)/t29-/m1/s1. The molecule has 0 bridgehead atoms. The van der Waals surface area contributed by atoms with Gasteiger partial charge in [-0.1, -0.05) is 42.5 Å². The van der Waals surface area contributed by atoms with Crippen molar-refractivity contribution in [1.29, 1.82) is 0 Å². The smallest absolute Gasteiger partial charge is 0.257 e. The lowest BCUT2D eigenvalue weighted by Crippen LogP contribution is -2.51. The molecule has 2 aliphatic rings. The summed E-state index contributed by atoms with van der Waals surface area (Å²) in [6.07, 6.45) is 0.463. The number of amides is 2. The van der Waals surface area contributed by atoms with Crippen LogP contribution in [0, 0.1) is 0 Å². The van der Waals surface area contributed by atoms with Gasteiger partial charge in [-0.25, -0.2) is 0 Å². The molecule has 3 aromatic carbocycles. The third-order valence-electron chi connectivity index (χ3n) is 7.46. The monoisotopic (exact) mass is 510 g/mol. The Morgan fingerprint density at radius 2 is 1.74 bits per heavy atom. The number of aromatic nitrogens is 1. The first kappa shape index (κ1) is 23.9. The van der Waals surface area contributed by atoms with E-state index in [9.17, 15) is 9.59 Å². The highest BCUT2D eigenvalue weighted by molar-refractivity contribution is 6.02. The van der Waals surface area contributed by atoms with E-state index in [1.165, 1.54) is 5.56 Å². The quantitative estimate of drug-likeness (QED) is 0.381. The van der Waals surface area contributed by atoms with Crippen LogP contribution in [0.2, 0.25) is 0 Å². The molecule has 8 nitrogen and oxygen atoms in total. The highest BCUT2D eigenvalue weighted by Crippen LogP contribution is 2.44. The summed E-state index contributed by atoms with van der Waals surface area (Å²) in [5, 5.41) is 4.12. The Morgan fingerprint density at radius 1 is 1.00 bits per heavy atom. The minimum absolute atomic E-state index is 0.0316.